The van der Waals surface area contributed by atoms with Gasteiger partial charge in [0.1, 0.15) is 6.61 Å². The smallest absolute Gasteiger partial charge is 0.331 e. The van der Waals surface area contributed by atoms with E-state index in [-0.39, 0.29) is 6.61 Å². The van der Waals surface area contributed by atoms with Gasteiger partial charge in [0.15, 0.2) is 0 Å². The standard InChI is InChI=1S/C9H14O5/c1-2-5-13-6-7-14-9(12)4-3-8(10)11/h3-4H,2,5-7H2,1H3,(H,10,11)/b4-3+. The Morgan fingerprint density at radius 1 is 1.21 bits per heavy atom. The Bertz CT molecular complexity index is 209. The van der Waals surface area contributed by atoms with E-state index in [2.05, 4.69) is 4.74 Å². The van der Waals surface area contributed by atoms with Gasteiger partial charge < -0.3 is 14.6 Å². The molecule has 0 bridgehead atoms. The van der Waals surface area contributed by atoms with E-state index in [1.165, 1.54) is 0 Å². The van der Waals surface area contributed by atoms with E-state index in [4.69, 9.17) is 9.84 Å². The predicted octanol–water partition coefficient (Wildman–Crippen LogP) is 0.597. The molecular weight excluding hydrogens is 188 g/mol. The fourth-order valence-electron chi connectivity index (χ4n) is 0.635. The van der Waals surface area contributed by atoms with Crippen molar-refractivity contribution in [3.63, 3.8) is 0 Å². The number of carbonyl (C=O) groups is 2. The zero-order valence-electron chi connectivity index (χ0n) is 8.06. The molecule has 0 saturated carbocycles. The highest BCUT2D eigenvalue weighted by Gasteiger charge is 1.97. The maximum absolute atomic E-state index is 10.8. The largest absolute Gasteiger partial charge is 0.478 e. The molecule has 0 atom stereocenters. The summed E-state index contributed by atoms with van der Waals surface area (Å²) in [5, 5.41) is 8.18. The van der Waals surface area contributed by atoms with E-state index < -0.39 is 11.9 Å². The molecule has 14 heavy (non-hydrogen) atoms. The highest BCUT2D eigenvalue weighted by molar-refractivity contribution is 5.90. The van der Waals surface area contributed by atoms with Crippen molar-refractivity contribution < 1.29 is 24.2 Å². The van der Waals surface area contributed by atoms with Gasteiger partial charge in [-0.1, -0.05) is 6.92 Å². The number of rotatable bonds is 7. The molecule has 1 N–H and O–H groups in total. The molecule has 5 heteroatoms. The van der Waals surface area contributed by atoms with Crippen LogP contribution in [0, 0.1) is 0 Å². The van der Waals surface area contributed by atoms with Crippen molar-refractivity contribution in [2.75, 3.05) is 19.8 Å². The quantitative estimate of drug-likeness (QED) is 0.371. The van der Waals surface area contributed by atoms with Crippen molar-refractivity contribution in [1.82, 2.24) is 0 Å². The van der Waals surface area contributed by atoms with E-state index >= 15 is 0 Å². The number of carbonyl (C=O) groups excluding carboxylic acids is 1. The van der Waals surface area contributed by atoms with E-state index in [0.29, 0.717) is 13.2 Å². The molecule has 0 unspecified atom stereocenters. The molecule has 0 aromatic heterocycles. The number of carboxylic acid groups (broad SMARTS) is 1. The van der Waals surface area contributed by atoms with Crippen LogP contribution in [0.15, 0.2) is 12.2 Å². The zero-order valence-corrected chi connectivity index (χ0v) is 8.06. The molecule has 0 rings (SSSR count). The van der Waals surface area contributed by atoms with Gasteiger partial charge >= 0.3 is 11.9 Å². The van der Waals surface area contributed by atoms with E-state index in [0.717, 1.165) is 18.6 Å². The van der Waals surface area contributed by atoms with E-state index in [9.17, 15) is 9.59 Å². The minimum absolute atomic E-state index is 0.142. The van der Waals surface area contributed by atoms with Gasteiger partial charge in [-0.25, -0.2) is 9.59 Å². The second-order valence-electron chi connectivity index (χ2n) is 2.45. The van der Waals surface area contributed by atoms with Crippen LogP contribution in [0.4, 0.5) is 0 Å². The van der Waals surface area contributed by atoms with Crippen LogP contribution >= 0.6 is 0 Å². The molecule has 0 aliphatic heterocycles. The molecule has 80 valence electrons. The summed E-state index contributed by atoms with van der Waals surface area (Å²) in [5.41, 5.74) is 0. The van der Waals surface area contributed by atoms with Gasteiger partial charge in [0.05, 0.1) is 6.61 Å². The summed E-state index contributed by atoms with van der Waals surface area (Å²) < 4.78 is 9.67. The first-order chi connectivity index (χ1) is 6.66. The summed E-state index contributed by atoms with van der Waals surface area (Å²) in [5.74, 6) is -1.85. The van der Waals surface area contributed by atoms with Crippen molar-refractivity contribution in [2.24, 2.45) is 0 Å². The first-order valence-corrected chi connectivity index (χ1v) is 4.32. The zero-order chi connectivity index (χ0) is 10.8. The number of hydrogen-bond acceptors (Lipinski definition) is 4. The molecule has 0 aromatic carbocycles. The van der Waals surface area contributed by atoms with E-state index in [1.807, 2.05) is 6.92 Å². The van der Waals surface area contributed by atoms with Crippen molar-refractivity contribution in [2.45, 2.75) is 13.3 Å². The first-order valence-electron chi connectivity index (χ1n) is 4.32. The van der Waals surface area contributed by atoms with Crippen LogP contribution in [0.5, 0.6) is 0 Å². The number of esters is 1. The Labute approximate surface area is 82.3 Å². The van der Waals surface area contributed by atoms with Gasteiger partial charge in [-0.05, 0) is 6.42 Å². The van der Waals surface area contributed by atoms with Crippen LogP contribution in [0.1, 0.15) is 13.3 Å². The molecule has 0 saturated heterocycles. The Morgan fingerprint density at radius 2 is 1.93 bits per heavy atom. The van der Waals surface area contributed by atoms with Gasteiger partial charge in [0.2, 0.25) is 0 Å². The molecule has 0 spiro atoms. The average Bonchev–Trinajstić information content (AvgIpc) is 2.14. The molecule has 0 aromatic rings. The van der Waals surface area contributed by atoms with Crippen LogP contribution in [0.2, 0.25) is 0 Å². The third kappa shape index (κ3) is 8.73. The van der Waals surface area contributed by atoms with Gasteiger partial charge in [-0.3, -0.25) is 0 Å². The molecule has 0 radical (unpaired) electrons. The summed E-state index contributed by atoms with van der Waals surface area (Å²) in [6.07, 6.45) is 2.50. The van der Waals surface area contributed by atoms with Crippen LogP contribution in [-0.2, 0) is 19.1 Å². The Balaban J connectivity index is 3.40. The summed E-state index contributed by atoms with van der Waals surface area (Å²) in [7, 11) is 0. The molecule has 0 heterocycles. The van der Waals surface area contributed by atoms with Crippen molar-refractivity contribution in [3.8, 4) is 0 Å². The molecule has 0 aliphatic rings. The lowest BCUT2D eigenvalue weighted by Gasteiger charge is -2.02. The van der Waals surface area contributed by atoms with Crippen LogP contribution in [0.25, 0.3) is 0 Å². The Hall–Kier alpha value is -1.36. The minimum atomic E-state index is -1.18. The molecule has 0 fully saturated rings. The Kier molecular flexibility index (Phi) is 7.45. The summed E-state index contributed by atoms with van der Waals surface area (Å²) in [6, 6.07) is 0. The highest BCUT2D eigenvalue weighted by Crippen LogP contribution is 1.85. The topological polar surface area (TPSA) is 72.8 Å². The van der Waals surface area contributed by atoms with Crippen LogP contribution in [-0.4, -0.2) is 36.9 Å². The number of hydrogen-bond donors (Lipinski definition) is 1. The van der Waals surface area contributed by atoms with Gasteiger partial charge in [0.25, 0.3) is 0 Å². The second kappa shape index (κ2) is 8.25. The van der Waals surface area contributed by atoms with Gasteiger partial charge in [-0.2, -0.15) is 0 Å². The lowest BCUT2D eigenvalue weighted by atomic mass is 10.5. The van der Waals surface area contributed by atoms with Crippen molar-refractivity contribution in [1.29, 1.82) is 0 Å². The monoisotopic (exact) mass is 202 g/mol. The SMILES string of the molecule is CCCOCCOC(=O)/C=C/C(=O)O. The summed E-state index contributed by atoms with van der Waals surface area (Å²) in [4.78, 5) is 20.8. The highest BCUT2D eigenvalue weighted by atomic mass is 16.6. The molecule has 5 nitrogen and oxygen atoms in total. The lowest BCUT2D eigenvalue weighted by molar-refractivity contribution is -0.140. The number of carboxylic acids is 1. The summed E-state index contributed by atoms with van der Waals surface area (Å²) in [6.45, 7) is 3.08. The van der Waals surface area contributed by atoms with Crippen molar-refractivity contribution in [3.05, 3.63) is 12.2 Å². The minimum Gasteiger partial charge on any atom is -0.478 e. The number of aliphatic carboxylic acids is 1. The first kappa shape index (κ1) is 12.6. The fourth-order valence-corrected chi connectivity index (χ4v) is 0.635. The van der Waals surface area contributed by atoms with Crippen LogP contribution < -0.4 is 0 Å². The van der Waals surface area contributed by atoms with Crippen LogP contribution in [0.3, 0.4) is 0 Å². The maximum Gasteiger partial charge on any atom is 0.331 e. The lowest BCUT2D eigenvalue weighted by Crippen LogP contribution is -2.09. The normalized spacial score (nSPS) is 10.4. The third-order valence-electron chi connectivity index (χ3n) is 1.18. The third-order valence-corrected chi connectivity index (χ3v) is 1.18. The molecular formula is C9H14O5. The fraction of sp³-hybridized carbons (Fsp3) is 0.556. The second-order valence-corrected chi connectivity index (χ2v) is 2.45. The predicted molar refractivity (Wildman–Crippen MR) is 48.8 cm³/mol. The number of ether oxygens (including phenoxy) is 2. The van der Waals surface area contributed by atoms with E-state index in [1.54, 1.807) is 0 Å². The average molecular weight is 202 g/mol. The van der Waals surface area contributed by atoms with Gasteiger partial charge in [-0.15, -0.1) is 0 Å². The van der Waals surface area contributed by atoms with Crippen molar-refractivity contribution >= 4 is 11.9 Å². The maximum atomic E-state index is 10.8. The molecule has 0 amide bonds. The van der Waals surface area contributed by atoms with Gasteiger partial charge in [0, 0.05) is 18.8 Å². The Morgan fingerprint density at radius 3 is 2.50 bits per heavy atom. The molecule has 0 aliphatic carbocycles. The summed E-state index contributed by atoms with van der Waals surface area (Å²) >= 11 is 0.